The third-order valence-corrected chi connectivity index (χ3v) is 2.73. The van der Waals surface area contributed by atoms with Crippen molar-refractivity contribution in [1.29, 1.82) is 0 Å². The van der Waals surface area contributed by atoms with E-state index in [9.17, 15) is 0 Å². The van der Waals surface area contributed by atoms with Gasteiger partial charge in [-0.2, -0.15) is 5.10 Å². The maximum Gasteiger partial charge on any atom is 0.166 e. The van der Waals surface area contributed by atoms with E-state index in [1.54, 1.807) is 0 Å². The number of hydrogen-bond acceptors (Lipinski definition) is 3. The molecule has 3 aromatic rings. The molecule has 0 aliphatic rings. The SMILES string of the molecule is Cc1nc(C)c2cnn(-c3ccccc3)c2n1. The van der Waals surface area contributed by atoms with Gasteiger partial charge in [0.05, 0.1) is 23.0 Å². The largest absolute Gasteiger partial charge is 0.238 e. The quantitative estimate of drug-likeness (QED) is 0.637. The topological polar surface area (TPSA) is 43.6 Å². The van der Waals surface area contributed by atoms with E-state index in [1.807, 2.05) is 55.1 Å². The van der Waals surface area contributed by atoms with Crippen molar-refractivity contribution in [2.45, 2.75) is 13.8 Å². The van der Waals surface area contributed by atoms with E-state index in [0.29, 0.717) is 0 Å². The van der Waals surface area contributed by atoms with Crippen LogP contribution in [0, 0.1) is 13.8 Å². The molecule has 0 aliphatic carbocycles. The number of rotatable bonds is 1. The van der Waals surface area contributed by atoms with Gasteiger partial charge in [0, 0.05) is 0 Å². The molecule has 2 aromatic heterocycles. The Balaban J connectivity index is 2.32. The molecule has 2 heterocycles. The predicted octanol–water partition coefficient (Wildman–Crippen LogP) is 2.43. The zero-order valence-electron chi connectivity index (χ0n) is 9.75. The molecule has 84 valence electrons. The van der Waals surface area contributed by atoms with E-state index < -0.39 is 0 Å². The number of para-hydroxylation sites is 1. The molecule has 0 radical (unpaired) electrons. The van der Waals surface area contributed by atoms with Crippen molar-refractivity contribution in [2.75, 3.05) is 0 Å². The van der Waals surface area contributed by atoms with Gasteiger partial charge < -0.3 is 0 Å². The van der Waals surface area contributed by atoms with Crippen LogP contribution in [0.1, 0.15) is 11.5 Å². The van der Waals surface area contributed by atoms with Crippen LogP contribution in [-0.4, -0.2) is 19.7 Å². The summed E-state index contributed by atoms with van der Waals surface area (Å²) in [5.41, 5.74) is 2.84. The van der Waals surface area contributed by atoms with Crippen LogP contribution in [-0.2, 0) is 0 Å². The van der Waals surface area contributed by atoms with E-state index in [1.165, 1.54) is 0 Å². The molecule has 17 heavy (non-hydrogen) atoms. The van der Waals surface area contributed by atoms with Crippen LogP contribution in [0.25, 0.3) is 16.7 Å². The Hall–Kier alpha value is -2.23. The fourth-order valence-electron chi connectivity index (χ4n) is 1.94. The minimum atomic E-state index is 0.771. The van der Waals surface area contributed by atoms with Crippen molar-refractivity contribution >= 4 is 11.0 Å². The van der Waals surface area contributed by atoms with Gasteiger partial charge in [0.2, 0.25) is 0 Å². The molecule has 0 amide bonds. The van der Waals surface area contributed by atoms with Crippen molar-refractivity contribution in [3.8, 4) is 5.69 Å². The highest BCUT2D eigenvalue weighted by Crippen LogP contribution is 2.18. The van der Waals surface area contributed by atoms with E-state index >= 15 is 0 Å². The normalized spacial score (nSPS) is 10.9. The lowest BCUT2D eigenvalue weighted by atomic mass is 10.3. The van der Waals surface area contributed by atoms with Crippen LogP contribution >= 0.6 is 0 Å². The Bertz CT molecular complexity index is 670. The molecule has 0 saturated carbocycles. The van der Waals surface area contributed by atoms with Gasteiger partial charge in [-0.3, -0.25) is 0 Å². The molecule has 0 bridgehead atoms. The molecule has 0 saturated heterocycles. The summed E-state index contributed by atoms with van der Waals surface area (Å²) < 4.78 is 1.84. The summed E-state index contributed by atoms with van der Waals surface area (Å²) in [6.45, 7) is 3.88. The second-order valence-corrected chi connectivity index (χ2v) is 3.99. The van der Waals surface area contributed by atoms with Gasteiger partial charge in [0.25, 0.3) is 0 Å². The Labute approximate surface area is 98.9 Å². The second-order valence-electron chi connectivity index (χ2n) is 3.99. The lowest BCUT2D eigenvalue weighted by molar-refractivity contribution is 0.888. The zero-order chi connectivity index (χ0) is 11.8. The summed E-state index contributed by atoms with van der Waals surface area (Å²) in [5.74, 6) is 0.771. The summed E-state index contributed by atoms with van der Waals surface area (Å²) >= 11 is 0. The second kappa shape index (κ2) is 3.66. The van der Waals surface area contributed by atoms with Gasteiger partial charge in [-0.1, -0.05) is 18.2 Å². The number of fused-ring (bicyclic) bond motifs is 1. The third-order valence-electron chi connectivity index (χ3n) is 2.73. The minimum absolute atomic E-state index is 0.771. The minimum Gasteiger partial charge on any atom is -0.238 e. The van der Waals surface area contributed by atoms with Crippen LogP contribution in [0.4, 0.5) is 0 Å². The first kappa shape index (κ1) is 9.96. The number of nitrogens with zero attached hydrogens (tertiary/aromatic N) is 4. The van der Waals surface area contributed by atoms with Gasteiger partial charge in [0.15, 0.2) is 5.65 Å². The first-order valence-corrected chi connectivity index (χ1v) is 5.50. The molecule has 0 unspecified atom stereocenters. The van der Waals surface area contributed by atoms with Crippen LogP contribution in [0.3, 0.4) is 0 Å². The Kier molecular flexibility index (Phi) is 2.14. The molecule has 3 rings (SSSR count). The molecule has 0 fully saturated rings. The van der Waals surface area contributed by atoms with Gasteiger partial charge >= 0.3 is 0 Å². The number of benzene rings is 1. The molecule has 1 aromatic carbocycles. The van der Waals surface area contributed by atoms with E-state index in [0.717, 1.165) is 28.2 Å². The zero-order valence-corrected chi connectivity index (χ0v) is 9.75. The van der Waals surface area contributed by atoms with Gasteiger partial charge in [-0.25, -0.2) is 14.6 Å². The molecule has 4 nitrogen and oxygen atoms in total. The average molecular weight is 224 g/mol. The van der Waals surface area contributed by atoms with E-state index in [-0.39, 0.29) is 0 Å². The fourth-order valence-corrected chi connectivity index (χ4v) is 1.94. The Morgan fingerprint density at radius 2 is 1.76 bits per heavy atom. The van der Waals surface area contributed by atoms with Crippen molar-refractivity contribution in [3.05, 3.63) is 48.0 Å². The van der Waals surface area contributed by atoms with Crippen molar-refractivity contribution in [3.63, 3.8) is 0 Å². The van der Waals surface area contributed by atoms with Crippen molar-refractivity contribution < 1.29 is 0 Å². The van der Waals surface area contributed by atoms with Crippen molar-refractivity contribution in [1.82, 2.24) is 19.7 Å². The fraction of sp³-hybridized carbons (Fsp3) is 0.154. The predicted molar refractivity (Wildman–Crippen MR) is 66.1 cm³/mol. The highest BCUT2D eigenvalue weighted by molar-refractivity contribution is 5.78. The summed E-state index contributed by atoms with van der Waals surface area (Å²) in [5, 5.41) is 5.38. The monoisotopic (exact) mass is 224 g/mol. The molecular weight excluding hydrogens is 212 g/mol. The van der Waals surface area contributed by atoms with Crippen molar-refractivity contribution in [2.24, 2.45) is 0 Å². The molecule has 0 aliphatic heterocycles. The summed E-state index contributed by atoms with van der Waals surface area (Å²) in [4.78, 5) is 8.81. The first-order chi connectivity index (χ1) is 8.25. The lowest BCUT2D eigenvalue weighted by Gasteiger charge is -2.03. The van der Waals surface area contributed by atoms with Crippen LogP contribution in [0.15, 0.2) is 36.5 Å². The van der Waals surface area contributed by atoms with E-state index in [2.05, 4.69) is 15.1 Å². The van der Waals surface area contributed by atoms with E-state index in [4.69, 9.17) is 0 Å². The highest BCUT2D eigenvalue weighted by Gasteiger charge is 2.09. The van der Waals surface area contributed by atoms with Gasteiger partial charge in [-0.05, 0) is 26.0 Å². The number of hydrogen-bond donors (Lipinski definition) is 0. The Morgan fingerprint density at radius 1 is 1.00 bits per heavy atom. The standard InChI is InChI=1S/C13H12N4/c1-9-12-8-14-17(11-6-4-3-5-7-11)13(12)16-10(2)15-9/h3-8H,1-2H3. The maximum atomic E-state index is 4.46. The highest BCUT2D eigenvalue weighted by atomic mass is 15.3. The summed E-state index contributed by atoms with van der Waals surface area (Å²) in [6.07, 6.45) is 1.82. The maximum absolute atomic E-state index is 4.46. The smallest absolute Gasteiger partial charge is 0.166 e. The average Bonchev–Trinajstić information content (AvgIpc) is 2.74. The van der Waals surface area contributed by atoms with Crippen LogP contribution in [0.2, 0.25) is 0 Å². The van der Waals surface area contributed by atoms with Gasteiger partial charge in [0.1, 0.15) is 5.82 Å². The number of aromatic nitrogens is 4. The third kappa shape index (κ3) is 1.58. The molecule has 4 heteroatoms. The molecule has 0 atom stereocenters. The first-order valence-electron chi connectivity index (χ1n) is 5.50. The van der Waals surface area contributed by atoms with Crippen LogP contribution in [0.5, 0.6) is 0 Å². The molecule has 0 spiro atoms. The summed E-state index contributed by atoms with van der Waals surface area (Å²) in [6, 6.07) is 9.99. The van der Waals surface area contributed by atoms with Crippen LogP contribution < -0.4 is 0 Å². The lowest BCUT2D eigenvalue weighted by Crippen LogP contribution is -1.99. The summed E-state index contributed by atoms with van der Waals surface area (Å²) in [7, 11) is 0. The molecular formula is C13H12N4. The Morgan fingerprint density at radius 3 is 2.53 bits per heavy atom. The number of aryl methyl sites for hydroxylation is 2. The van der Waals surface area contributed by atoms with Gasteiger partial charge in [-0.15, -0.1) is 0 Å². The molecule has 0 N–H and O–H groups in total.